The van der Waals surface area contributed by atoms with Crippen LogP contribution in [-0.2, 0) is 9.84 Å². The molecule has 0 aromatic rings. The second-order valence-corrected chi connectivity index (χ2v) is 8.52. The van der Waals surface area contributed by atoms with Crippen LogP contribution >= 0.6 is 15.9 Å². The quantitative estimate of drug-likeness (QED) is 0.846. The molecule has 0 spiro atoms. The Balaban J connectivity index is 2.51. The van der Waals surface area contributed by atoms with Crippen LogP contribution in [0.3, 0.4) is 0 Å². The van der Waals surface area contributed by atoms with Crippen LogP contribution in [0, 0.1) is 0 Å². The highest BCUT2D eigenvalue weighted by Gasteiger charge is 2.36. The van der Waals surface area contributed by atoms with Crippen molar-refractivity contribution >= 4 is 25.8 Å². The third-order valence-electron chi connectivity index (χ3n) is 3.49. The number of rotatable bonds is 2. The van der Waals surface area contributed by atoms with Crippen molar-refractivity contribution in [2.45, 2.75) is 24.6 Å². The molecule has 5 heteroatoms. The highest BCUT2D eigenvalue weighted by atomic mass is 79.9. The molecule has 1 heterocycles. The van der Waals surface area contributed by atoms with E-state index in [1.807, 2.05) is 30.5 Å². The molecule has 0 amide bonds. The summed E-state index contributed by atoms with van der Waals surface area (Å²) < 4.78 is 23.8. The summed E-state index contributed by atoms with van der Waals surface area (Å²) in [5.74, 6) is 0. The highest BCUT2D eigenvalue weighted by Crippen LogP contribution is 2.36. The minimum atomic E-state index is -3.16. The molecule has 98 valence electrons. The fourth-order valence-corrected chi connectivity index (χ4v) is 3.08. The van der Waals surface area contributed by atoms with Gasteiger partial charge >= 0.3 is 0 Å². The van der Waals surface area contributed by atoms with Gasteiger partial charge in [0.2, 0.25) is 0 Å². The van der Waals surface area contributed by atoms with Crippen LogP contribution in [-0.4, -0.2) is 25.5 Å². The van der Waals surface area contributed by atoms with Gasteiger partial charge in [-0.2, -0.15) is 0 Å². The molecule has 0 bridgehead atoms. The molecule has 0 saturated heterocycles. The Labute approximate surface area is 116 Å². The van der Waals surface area contributed by atoms with E-state index in [2.05, 4.69) is 21.2 Å². The first kappa shape index (κ1) is 13.6. The minimum absolute atomic E-state index is 0.0918. The second-order valence-electron chi connectivity index (χ2n) is 5.04. The Morgan fingerprint density at radius 3 is 2.61 bits per heavy atom. The molecule has 0 fully saturated rings. The molecule has 1 atom stereocenters. The van der Waals surface area contributed by atoms with Crippen molar-refractivity contribution in [3.63, 3.8) is 0 Å². The van der Waals surface area contributed by atoms with Gasteiger partial charge < -0.3 is 5.32 Å². The van der Waals surface area contributed by atoms with Crippen molar-refractivity contribution in [3.8, 4) is 0 Å². The Morgan fingerprint density at radius 2 is 2.00 bits per heavy atom. The van der Waals surface area contributed by atoms with Gasteiger partial charge in [0.1, 0.15) is 0 Å². The number of sulfone groups is 1. The topological polar surface area (TPSA) is 46.2 Å². The van der Waals surface area contributed by atoms with Crippen LogP contribution in [0.25, 0.3) is 0 Å². The molecule has 0 aromatic carbocycles. The standard InChI is InChI=1S/C13H16BrNO2S/c1-13(2,18(3,16)17)10-7-9-5-4-6-15-12(9)11(14)8-10/h4-8,12,15H,1-3H3. The van der Waals surface area contributed by atoms with Crippen molar-refractivity contribution in [3.05, 3.63) is 46.1 Å². The van der Waals surface area contributed by atoms with Gasteiger partial charge in [-0.05, 0) is 43.3 Å². The summed E-state index contributed by atoms with van der Waals surface area (Å²) in [5, 5.41) is 3.22. The zero-order valence-corrected chi connectivity index (χ0v) is 13.0. The molecule has 0 radical (unpaired) electrons. The first-order chi connectivity index (χ1) is 8.23. The maximum Gasteiger partial charge on any atom is 0.156 e. The molecule has 1 aliphatic heterocycles. The fourth-order valence-electron chi connectivity index (χ4n) is 1.89. The SMILES string of the molecule is CC(C)(C1=CC2=CC=CNC2C(Br)=C1)S(C)(=O)=O. The summed E-state index contributed by atoms with van der Waals surface area (Å²) in [6, 6.07) is 0.0918. The maximum absolute atomic E-state index is 11.9. The lowest BCUT2D eigenvalue weighted by molar-refractivity contribution is 0.574. The molecule has 1 aliphatic carbocycles. The largest absolute Gasteiger partial charge is 0.380 e. The van der Waals surface area contributed by atoms with Gasteiger partial charge in [0, 0.05) is 10.7 Å². The molecule has 18 heavy (non-hydrogen) atoms. The zero-order chi connectivity index (χ0) is 13.6. The molecule has 0 saturated carbocycles. The number of dihydropyridines is 1. The number of fused-ring (bicyclic) bond motifs is 1. The van der Waals surface area contributed by atoms with Crippen molar-refractivity contribution in [1.82, 2.24) is 5.32 Å². The van der Waals surface area contributed by atoms with E-state index >= 15 is 0 Å². The summed E-state index contributed by atoms with van der Waals surface area (Å²) in [4.78, 5) is 0. The lowest BCUT2D eigenvalue weighted by Crippen LogP contribution is -2.36. The smallest absolute Gasteiger partial charge is 0.156 e. The summed E-state index contributed by atoms with van der Waals surface area (Å²) in [6.07, 6.45) is 10.9. The van der Waals surface area contributed by atoms with Crippen molar-refractivity contribution in [2.24, 2.45) is 0 Å². The maximum atomic E-state index is 11.9. The summed E-state index contributed by atoms with van der Waals surface area (Å²) >= 11 is 3.52. The van der Waals surface area contributed by atoms with E-state index in [9.17, 15) is 8.42 Å². The van der Waals surface area contributed by atoms with Crippen molar-refractivity contribution in [1.29, 1.82) is 0 Å². The zero-order valence-electron chi connectivity index (χ0n) is 10.6. The molecule has 2 aliphatic rings. The predicted molar refractivity (Wildman–Crippen MR) is 78.2 cm³/mol. The Morgan fingerprint density at radius 1 is 1.33 bits per heavy atom. The number of hydrogen-bond acceptors (Lipinski definition) is 3. The number of hydrogen-bond donors (Lipinski definition) is 1. The average molecular weight is 330 g/mol. The van der Waals surface area contributed by atoms with Gasteiger partial charge in [0.15, 0.2) is 9.84 Å². The monoisotopic (exact) mass is 329 g/mol. The van der Waals surface area contributed by atoms with E-state index in [0.717, 1.165) is 15.6 Å². The van der Waals surface area contributed by atoms with Crippen LogP contribution in [0.2, 0.25) is 0 Å². The lowest BCUT2D eigenvalue weighted by Gasteiger charge is -2.31. The number of nitrogens with one attached hydrogen (secondary N) is 1. The normalized spacial score (nSPS) is 23.6. The van der Waals surface area contributed by atoms with Crippen molar-refractivity contribution in [2.75, 3.05) is 6.26 Å². The van der Waals surface area contributed by atoms with E-state index in [1.54, 1.807) is 13.8 Å². The summed E-state index contributed by atoms with van der Waals surface area (Å²) in [5.41, 5.74) is 1.87. The van der Waals surface area contributed by atoms with E-state index in [0.29, 0.717) is 0 Å². The van der Waals surface area contributed by atoms with Crippen LogP contribution in [0.4, 0.5) is 0 Å². The number of allylic oxidation sites excluding steroid dienone is 3. The second kappa shape index (κ2) is 4.38. The summed E-state index contributed by atoms with van der Waals surface area (Å²) in [7, 11) is -3.16. The molecular weight excluding hydrogens is 314 g/mol. The van der Waals surface area contributed by atoms with Crippen molar-refractivity contribution < 1.29 is 8.42 Å². The van der Waals surface area contributed by atoms with Gasteiger partial charge in [0.25, 0.3) is 0 Å². The average Bonchev–Trinajstić information content (AvgIpc) is 2.27. The molecule has 2 rings (SSSR count). The third-order valence-corrected chi connectivity index (χ3v) is 6.27. The molecule has 0 aromatic heterocycles. The fraction of sp³-hybridized carbons (Fsp3) is 0.385. The first-order valence-corrected chi connectivity index (χ1v) is 8.33. The van der Waals surface area contributed by atoms with E-state index in [1.165, 1.54) is 6.26 Å². The molecule has 1 unspecified atom stereocenters. The van der Waals surface area contributed by atoms with Crippen LogP contribution in [0.1, 0.15) is 13.8 Å². The van der Waals surface area contributed by atoms with E-state index < -0.39 is 14.6 Å². The van der Waals surface area contributed by atoms with Crippen LogP contribution in [0.15, 0.2) is 46.1 Å². The van der Waals surface area contributed by atoms with Gasteiger partial charge in [-0.15, -0.1) is 0 Å². The Bertz CT molecular complexity index is 594. The molecular formula is C13H16BrNO2S. The number of halogens is 1. The van der Waals surface area contributed by atoms with E-state index in [-0.39, 0.29) is 6.04 Å². The lowest BCUT2D eigenvalue weighted by atomic mass is 9.90. The van der Waals surface area contributed by atoms with Crippen LogP contribution in [0.5, 0.6) is 0 Å². The molecule has 1 N–H and O–H groups in total. The third kappa shape index (κ3) is 2.21. The van der Waals surface area contributed by atoms with Crippen LogP contribution < -0.4 is 5.32 Å². The van der Waals surface area contributed by atoms with E-state index in [4.69, 9.17) is 0 Å². The van der Waals surface area contributed by atoms with Gasteiger partial charge in [0.05, 0.1) is 10.8 Å². The Hall–Kier alpha value is -0.810. The molecule has 3 nitrogen and oxygen atoms in total. The highest BCUT2D eigenvalue weighted by molar-refractivity contribution is 9.11. The van der Waals surface area contributed by atoms with Gasteiger partial charge in [-0.1, -0.05) is 28.1 Å². The summed E-state index contributed by atoms with van der Waals surface area (Å²) in [6.45, 7) is 3.47. The van der Waals surface area contributed by atoms with Gasteiger partial charge in [-0.3, -0.25) is 0 Å². The predicted octanol–water partition coefficient (Wildman–Crippen LogP) is 2.44. The minimum Gasteiger partial charge on any atom is -0.380 e. The Kier molecular flexibility index (Phi) is 3.32. The van der Waals surface area contributed by atoms with Gasteiger partial charge in [-0.25, -0.2) is 8.42 Å². The first-order valence-electron chi connectivity index (χ1n) is 5.65.